The molecule has 3 aromatic rings. The predicted octanol–water partition coefficient (Wildman–Crippen LogP) is 2.71. The van der Waals surface area contributed by atoms with E-state index in [0.717, 1.165) is 4.68 Å². The van der Waals surface area contributed by atoms with E-state index in [1.54, 1.807) is 24.3 Å². The molecular formula is C20H18FN3O4. The van der Waals surface area contributed by atoms with E-state index in [1.807, 2.05) is 0 Å². The van der Waals surface area contributed by atoms with E-state index < -0.39 is 17.3 Å². The minimum absolute atomic E-state index is 0.0335. The topological polar surface area (TPSA) is 82.5 Å². The fraction of sp³-hybridized carbons (Fsp3) is 0.150. The SMILES string of the molecule is COc1ccc(OC)c(-c2ccc(=O)n(CC(=O)Nc3ccccc3F)n2)c1. The van der Waals surface area contributed by atoms with E-state index in [1.165, 1.54) is 44.6 Å². The van der Waals surface area contributed by atoms with Crippen LogP contribution >= 0.6 is 0 Å². The summed E-state index contributed by atoms with van der Waals surface area (Å²) in [5.41, 5.74) is 0.597. The fourth-order valence-electron chi connectivity index (χ4n) is 2.61. The van der Waals surface area contributed by atoms with Gasteiger partial charge in [-0.25, -0.2) is 9.07 Å². The molecule has 7 nitrogen and oxygen atoms in total. The number of nitrogens with one attached hydrogen (secondary N) is 1. The van der Waals surface area contributed by atoms with Crippen LogP contribution in [0.4, 0.5) is 10.1 Å². The van der Waals surface area contributed by atoms with Gasteiger partial charge in [0, 0.05) is 11.6 Å². The third kappa shape index (κ3) is 4.17. The quantitative estimate of drug-likeness (QED) is 0.708. The Hall–Kier alpha value is -3.68. The second-order valence-electron chi connectivity index (χ2n) is 5.81. The van der Waals surface area contributed by atoms with Gasteiger partial charge in [-0.1, -0.05) is 12.1 Å². The third-order valence-electron chi connectivity index (χ3n) is 3.99. The number of carbonyl (C=O) groups is 1. The van der Waals surface area contributed by atoms with E-state index in [4.69, 9.17) is 9.47 Å². The summed E-state index contributed by atoms with van der Waals surface area (Å²) in [6.07, 6.45) is 0. The smallest absolute Gasteiger partial charge is 0.267 e. The average Bonchev–Trinajstić information content (AvgIpc) is 2.71. The summed E-state index contributed by atoms with van der Waals surface area (Å²) >= 11 is 0. The fourth-order valence-corrected chi connectivity index (χ4v) is 2.61. The highest BCUT2D eigenvalue weighted by Crippen LogP contribution is 2.31. The number of nitrogens with zero attached hydrogens (tertiary/aromatic N) is 2. The standard InChI is InChI=1S/C20H18FN3O4/c1-27-13-7-9-18(28-2)14(11-13)16-8-10-20(26)24(23-16)12-19(25)22-17-6-4-3-5-15(17)21/h3-11H,12H2,1-2H3,(H,22,25). The number of para-hydroxylation sites is 1. The first-order valence-electron chi connectivity index (χ1n) is 8.37. The Labute approximate surface area is 160 Å². The Morgan fingerprint density at radius 1 is 1.11 bits per heavy atom. The van der Waals surface area contributed by atoms with Gasteiger partial charge >= 0.3 is 0 Å². The number of aromatic nitrogens is 2. The zero-order valence-electron chi connectivity index (χ0n) is 15.3. The van der Waals surface area contributed by atoms with Gasteiger partial charge in [0.25, 0.3) is 5.56 Å². The molecule has 0 aliphatic rings. The van der Waals surface area contributed by atoms with Crippen molar-refractivity contribution in [2.75, 3.05) is 19.5 Å². The van der Waals surface area contributed by atoms with Crippen LogP contribution in [0.2, 0.25) is 0 Å². The number of halogens is 1. The molecule has 1 heterocycles. The number of ether oxygens (including phenoxy) is 2. The summed E-state index contributed by atoms with van der Waals surface area (Å²) in [7, 11) is 3.05. The van der Waals surface area contributed by atoms with Crippen molar-refractivity contribution in [3.05, 3.63) is 70.8 Å². The summed E-state index contributed by atoms with van der Waals surface area (Å²) < 4.78 is 25.2. The van der Waals surface area contributed by atoms with Crippen molar-refractivity contribution in [2.24, 2.45) is 0 Å². The lowest BCUT2D eigenvalue weighted by atomic mass is 10.1. The molecule has 3 rings (SSSR count). The number of amides is 1. The molecule has 0 fully saturated rings. The first kappa shape index (κ1) is 19.1. The van der Waals surface area contributed by atoms with Crippen LogP contribution in [0, 0.1) is 5.82 Å². The van der Waals surface area contributed by atoms with Crippen molar-refractivity contribution in [1.29, 1.82) is 0 Å². The van der Waals surface area contributed by atoms with Crippen molar-refractivity contribution in [3.8, 4) is 22.8 Å². The molecular weight excluding hydrogens is 365 g/mol. The predicted molar refractivity (Wildman–Crippen MR) is 102 cm³/mol. The van der Waals surface area contributed by atoms with E-state index in [0.29, 0.717) is 22.8 Å². The van der Waals surface area contributed by atoms with Crippen molar-refractivity contribution in [1.82, 2.24) is 9.78 Å². The monoisotopic (exact) mass is 383 g/mol. The van der Waals surface area contributed by atoms with E-state index >= 15 is 0 Å². The van der Waals surface area contributed by atoms with Crippen LogP contribution in [-0.4, -0.2) is 29.9 Å². The van der Waals surface area contributed by atoms with Crippen LogP contribution in [0.15, 0.2) is 59.4 Å². The molecule has 1 amide bonds. The maximum Gasteiger partial charge on any atom is 0.267 e. The molecule has 0 spiro atoms. The largest absolute Gasteiger partial charge is 0.497 e. The molecule has 0 saturated heterocycles. The van der Waals surface area contributed by atoms with Gasteiger partial charge < -0.3 is 14.8 Å². The highest BCUT2D eigenvalue weighted by molar-refractivity contribution is 5.90. The lowest BCUT2D eigenvalue weighted by Gasteiger charge is -2.12. The van der Waals surface area contributed by atoms with E-state index in [9.17, 15) is 14.0 Å². The Bertz CT molecular complexity index is 1070. The van der Waals surface area contributed by atoms with Gasteiger partial charge in [-0.05, 0) is 36.4 Å². The zero-order valence-corrected chi connectivity index (χ0v) is 15.3. The minimum atomic E-state index is -0.575. The number of benzene rings is 2. The maximum absolute atomic E-state index is 13.7. The lowest BCUT2D eigenvalue weighted by molar-refractivity contribution is -0.117. The minimum Gasteiger partial charge on any atom is -0.497 e. The Morgan fingerprint density at radius 3 is 2.61 bits per heavy atom. The molecule has 28 heavy (non-hydrogen) atoms. The molecule has 0 radical (unpaired) electrons. The van der Waals surface area contributed by atoms with Gasteiger partial charge in [-0.2, -0.15) is 5.10 Å². The Balaban J connectivity index is 1.89. The summed E-state index contributed by atoms with van der Waals surface area (Å²) in [5, 5.41) is 6.67. The van der Waals surface area contributed by atoms with Crippen LogP contribution < -0.4 is 20.3 Å². The molecule has 1 aromatic heterocycles. The number of carbonyl (C=O) groups excluding carboxylic acids is 1. The third-order valence-corrected chi connectivity index (χ3v) is 3.99. The maximum atomic E-state index is 13.7. The molecule has 0 bridgehead atoms. The van der Waals surface area contributed by atoms with E-state index in [-0.39, 0.29) is 12.2 Å². The molecule has 0 saturated carbocycles. The Kier molecular flexibility index (Phi) is 5.69. The van der Waals surface area contributed by atoms with Gasteiger partial charge in [0.15, 0.2) is 0 Å². The first-order valence-corrected chi connectivity index (χ1v) is 8.37. The van der Waals surface area contributed by atoms with Gasteiger partial charge in [-0.15, -0.1) is 0 Å². The van der Waals surface area contributed by atoms with Crippen LogP contribution in [0.5, 0.6) is 11.5 Å². The Morgan fingerprint density at radius 2 is 1.89 bits per heavy atom. The molecule has 0 unspecified atom stereocenters. The summed E-state index contributed by atoms with van der Waals surface area (Å²) in [5.74, 6) is -0.0116. The van der Waals surface area contributed by atoms with Crippen molar-refractivity contribution >= 4 is 11.6 Å². The van der Waals surface area contributed by atoms with Crippen molar-refractivity contribution < 1.29 is 18.7 Å². The number of rotatable bonds is 6. The summed E-state index contributed by atoms with van der Waals surface area (Å²) in [6, 6.07) is 13.8. The molecule has 0 atom stereocenters. The lowest BCUT2D eigenvalue weighted by Crippen LogP contribution is -2.29. The average molecular weight is 383 g/mol. The summed E-state index contributed by atoms with van der Waals surface area (Å²) in [4.78, 5) is 24.4. The highest BCUT2D eigenvalue weighted by atomic mass is 19.1. The van der Waals surface area contributed by atoms with Gasteiger partial charge in [0.2, 0.25) is 5.91 Å². The van der Waals surface area contributed by atoms with Crippen molar-refractivity contribution in [3.63, 3.8) is 0 Å². The second kappa shape index (κ2) is 8.34. The molecule has 144 valence electrons. The van der Waals surface area contributed by atoms with Gasteiger partial charge in [-0.3, -0.25) is 9.59 Å². The molecule has 2 aromatic carbocycles. The van der Waals surface area contributed by atoms with Crippen molar-refractivity contribution in [2.45, 2.75) is 6.54 Å². The molecule has 8 heteroatoms. The van der Waals surface area contributed by atoms with Crippen LogP contribution in [0.1, 0.15) is 0 Å². The van der Waals surface area contributed by atoms with Gasteiger partial charge in [0.05, 0.1) is 25.6 Å². The number of hydrogen-bond acceptors (Lipinski definition) is 5. The number of hydrogen-bond donors (Lipinski definition) is 1. The van der Waals surface area contributed by atoms with Crippen LogP contribution in [0.25, 0.3) is 11.3 Å². The molecule has 0 aliphatic carbocycles. The highest BCUT2D eigenvalue weighted by Gasteiger charge is 2.13. The molecule has 0 aliphatic heterocycles. The first-order chi connectivity index (χ1) is 13.5. The molecule has 1 N–H and O–H groups in total. The summed E-state index contributed by atoms with van der Waals surface area (Å²) in [6.45, 7) is -0.368. The van der Waals surface area contributed by atoms with Crippen LogP contribution in [-0.2, 0) is 11.3 Å². The van der Waals surface area contributed by atoms with Gasteiger partial charge in [0.1, 0.15) is 23.9 Å². The number of methoxy groups -OCH3 is 2. The normalized spacial score (nSPS) is 10.4. The zero-order chi connectivity index (χ0) is 20.1. The second-order valence-corrected chi connectivity index (χ2v) is 5.81. The number of anilines is 1. The van der Waals surface area contributed by atoms with Crippen LogP contribution in [0.3, 0.4) is 0 Å². The van der Waals surface area contributed by atoms with E-state index in [2.05, 4.69) is 10.4 Å².